The molecular weight excluding hydrogens is 248 g/mol. The summed E-state index contributed by atoms with van der Waals surface area (Å²) in [6, 6.07) is 7.29. The number of ether oxygens (including phenoxy) is 1. The Morgan fingerprint density at radius 1 is 1.42 bits per heavy atom. The lowest BCUT2D eigenvalue weighted by Gasteiger charge is -2.03. The van der Waals surface area contributed by atoms with Crippen molar-refractivity contribution in [2.24, 2.45) is 7.05 Å². The molecule has 1 aromatic carbocycles. The fourth-order valence-electron chi connectivity index (χ4n) is 1.64. The molecule has 0 radical (unpaired) electrons. The van der Waals surface area contributed by atoms with Crippen LogP contribution in [0, 0.1) is 10.1 Å². The Labute approximate surface area is 110 Å². The topological polar surface area (TPSA) is 82.2 Å². The lowest BCUT2D eigenvalue weighted by Crippen LogP contribution is -2.04. The molecule has 1 heterocycles. The molecule has 0 aliphatic rings. The van der Waals surface area contributed by atoms with Crippen molar-refractivity contribution in [2.75, 3.05) is 7.05 Å². The number of hydrogen-bond acceptors (Lipinski definition) is 5. The van der Waals surface area contributed by atoms with Gasteiger partial charge < -0.3 is 10.1 Å². The van der Waals surface area contributed by atoms with Crippen molar-refractivity contribution in [3.63, 3.8) is 0 Å². The SMILES string of the molecule is CNCc1ccc(Oc2nn(C)cc2[N+](=O)[O-])cc1. The fraction of sp³-hybridized carbons (Fsp3) is 0.250. The predicted octanol–water partition coefficient (Wildman–Crippen LogP) is 1.84. The maximum atomic E-state index is 10.8. The van der Waals surface area contributed by atoms with Gasteiger partial charge in [-0.1, -0.05) is 12.1 Å². The summed E-state index contributed by atoms with van der Waals surface area (Å²) in [6.07, 6.45) is 1.31. The highest BCUT2D eigenvalue weighted by molar-refractivity contribution is 5.41. The van der Waals surface area contributed by atoms with E-state index in [0.717, 1.165) is 12.1 Å². The van der Waals surface area contributed by atoms with Crippen molar-refractivity contribution in [3.8, 4) is 11.6 Å². The van der Waals surface area contributed by atoms with Gasteiger partial charge in [-0.25, -0.2) is 0 Å². The van der Waals surface area contributed by atoms with E-state index in [1.165, 1.54) is 10.9 Å². The van der Waals surface area contributed by atoms with E-state index in [1.54, 1.807) is 19.2 Å². The molecular formula is C12H14N4O3. The van der Waals surface area contributed by atoms with E-state index in [-0.39, 0.29) is 11.6 Å². The lowest BCUT2D eigenvalue weighted by molar-refractivity contribution is -0.385. The Morgan fingerprint density at radius 3 is 2.68 bits per heavy atom. The van der Waals surface area contributed by atoms with Crippen LogP contribution in [0.15, 0.2) is 30.5 Å². The number of nitrogens with zero attached hydrogens (tertiary/aromatic N) is 3. The van der Waals surface area contributed by atoms with Crippen LogP contribution in [0.4, 0.5) is 5.69 Å². The van der Waals surface area contributed by atoms with E-state index in [9.17, 15) is 10.1 Å². The predicted molar refractivity (Wildman–Crippen MR) is 69.1 cm³/mol. The normalized spacial score (nSPS) is 10.4. The van der Waals surface area contributed by atoms with Crippen LogP contribution in [0.5, 0.6) is 11.6 Å². The standard InChI is InChI=1S/C12H14N4O3/c1-13-7-9-3-5-10(6-4-9)19-12-11(16(17)18)8-15(2)14-12/h3-6,8,13H,7H2,1-2H3. The van der Waals surface area contributed by atoms with Crippen LogP contribution in [0.2, 0.25) is 0 Å². The van der Waals surface area contributed by atoms with E-state index in [1.807, 2.05) is 19.2 Å². The summed E-state index contributed by atoms with van der Waals surface area (Å²) in [5.41, 5.74) is 0.951. The fourth-order valence-corrected chi connectivity index (χ4v) is 1.64. The number of nitro groups is 1. The number of rotatable bonds is 5. The molecule has 0 saturated carbocycles. The van der Waals surface area contributed by atoms with Gasteiger partial charge in [0.15, 0.2) is 0 Å². The molecule has 0 saturated heterocycles. The van der Waals surface area contributed by atoms with Gasteiger partial charge in [-0.15, -0.1) is 5.10 Å². The van der Waals surface area contributed by atoms with Gasteiger partial charge in [0.2, 0.25) is 0 Å². The van der Waals surface area contributed by atoms with Crippen LogP contribution in [0.25, 0.3) is 0 Å². The van der Waals surface area contributed by atoms with Crippen LogP contribution in [0.3, 0.4) is 0 Å². The minimum atomic E-state index is -0.516. The van der Waals surface area contributed by atoms with Gasteiger partial charge >= 0.3 is 11.6 Å². The van der Waals surface area contributed by atoms with Crippen molar-refractivity contribution < 1.29 is 9.66 Å². The molecule has 100 valence electrons. The lowest BCUT2D eigenvalue weighted by atomic mass is 10.2. The Bertz CT molecular complexity index is 577. The third kappa shape index (κ3) is 3.08. The number of nitrogens with one attached hydrogen (secondary N) is 1. The second kappa shape index (κ2) is 5.49. The second-order valence-corrected chi connectivity index (χ2v) is 4.03. The van der Waals surface area contributed by atoms with Gasteiger partial charge in [0.25, 0.3) is 0 Å². The molecule has 0 atom stereocenters. The summed E-state index contributed by atoms with van der Waals surface area (Å²) in [4.78, 5) is 10.3. The minimum absolute atomic E-state index is 0.00568. The zero-order valence-corrected chi connectivity index (χ0v) is 10.7. The quantitative estimate of drug-likeness (QED) is 0.656. The third-order valence-corrected chi connectivity index (χ3v) is 2.49. The monoisotopic (exact) mass is 262 g/mol. The summed E-state index contributed by atoms with van der Waals surface area (Å²) in [6.45, 7) is 0.754. The van der Waals surface area contributed by atoms with Gasteiger partial charge in [0, 0.05) is 13.6 Å². The van der Waals surface area contributed by atoms with Crippen molar-refractivity contribution in [1.82, 2.24) is 15.1 Å². The van der Waals surface area contributed by atoms with Crippen LogP contribution in [0.1, 0.15) is 5.56 Å². The van der Waals surface area contributed by atoms with E-state index in [2.05, 4.69) is 10.4 Å². The maximum Gasteiger partial charge on any atom is 0.350 e. The van der Waals surface area contributed by atoms with Gasteiger partial charge in [-0.3, -0.25) is 14.8 Å². The van der Waals surface area contributed by atoms with Crippen LogP contribution in [-0.2, 0) is 13.6 Å². The zero-order valence-electron chi connectivity index (χ0n) is 10.7. The molecule has 1 N–H and O–H groups in total. The van der Waals surface area contributed by atoms with E-state index in [4.69, 9.17) is 4.74 Å². The molecule has 0 amide bonds. The Kier molecular flexibility index (Phi) is 3.76. The van der Waals surface area contributed by atoms with Crippen molar-refractivity contribution in [3.05, 3.63) is 46.1 Å². The van der Waals surface area contributed by atoms with Crippen LogP contribution < -0.4 is 10.1 Å². The minimum Gasteiger partial charge on any atom is -0.433 e. The third-order valence-electron chi connectivity index (χ3n) is 2.49. The molecule has 0 fully saturated rings. The molecule has 7 nitrogen and oxygen atoms in total. The zero-order chi connectivity index (χ0) is 13.8. The average molecular weight is 262 g/mol. The van der Waals surface area contributed by atoms with Gasteiger partial charge in [-0.2, -0.15) is 0 Å². The van der Waals surface area contributed by atoms with Crippen molar-refractivity contribution in [2.45, 2.75) is 6.54 Å². The highest BCUT2D eigenvalue weighted by Crippen LogP contribution is 2.29. The first kappa shape index (κ1) is 13.0. The smallest absolute Gasteiger partial charge is 0.350 e. The van der Waals surface area contributed by atoms with Gasteiger partial charge in [0.1, 0.15) is 11.9 Å². The van der Waals surface area contributed by atoms with Gasteiger partial charge in [-0.05, 0) is 24.7 Å². The average Bonchev–Trinajstić information content (AvgIpc) is 2.73. The maximum absolute atomic E-state index is 10.8. The molecule has 0 spiro atoms. The Morgan fingerprint density at radius 2 is 2.11 bits per heavy atom. The molecule has 7 heteroatoms. The molecule has 2 aromatic rings. The molecule has 0 aliphatic carbocycles. The highest BCUT2D eigenvalue weighted by Gasteiger charge is 2.20. The van der Waals surface area contributed by atoms with E-state index < -0.39 is 4.92 Å². The van der Waals surface area contributed by atoms with Gasteiger partial charge in [0.05, 0.1) is 4.92 Å². The molecule has 0 aliphatic heterocycles. The summed E-state index contributed by atoms with van der Waals surface area (Å²) in [7, 11) is 3.47. The van der Waals surface area contributed by atoms with Crippen LogP contribution in [-0.4, -0.2) is 21.8 Å². The Hall–Kier alpha value is -2.41. The number of benzene rings is 1. The highest BCUT2D eigenvalue weighted by atomic mass is 16.6. The molecule has 2 rings (SSSR count). The number of aromatic nitrogens is 2. The molecule has 1 aromatic heterocycles. The second-order valence-electron chi connectivity index (χ2n) is 4.03. The number of hydrogen-bond donors (Lipinski definition) is 1. The first-order chi connectivity index (χ1) is 9.10. The van der Waals surface area contributed by atoms with Crippen molar-refractivity contribution in [1.29, 1.82) is 0 Å². The van der Waals surface area contributed by atoms with Crippen LogP contribution >= 0.6 is 0 Å². The van der Waals surface area contributed by atoms with E-state index in [0.29, 0.717) is 5.75 Å². The molecule has 19 heavy (non-hydrogen) atoms. The van der Waals surface area contributed by atoms with Crippen molar-refractivity contribution >= 4 is 5.69 Å². The summed E-state index contributed by atoms with van der Waals surface area (Å²) in [5.74, 6) is 0.510. The Balaban J connectivity index is 2.18. The molecule has 0 unspecified atom stereocenters. The summed E-state index contributed by atoms with van der Waals surface area (Å²) in [5, 5.41) is 17.8. The first-order valence-electron chi connectivity index (χ1n) is 5.69. The number of aryl methyl sites for hydroxylation is 1. The van der Waals surface area contributed by atoms with E-state index >= 15 is 0 Å². The summed E-state index contributed by atoms with van der Waals surface area (Å²) < 4.78 is 6.78. The first-order valence-corrected chi connectivity index (χ1v) is 5.69. The largest absolute Gasteiger partial charge is 0.433 e. The molecule has 0 bridgehead atoms. The summed E-state index contributed by atoms with van der Waals surface area (Å²) >= 11 is 0.